The predicted octanol–water partition coefficient (Wildman–Crippen LogP) is 5.11. The Morgan fingerprint density at radius 3 is 1.94 bits per heavy atom. The molecule has 0 heterocycles. The van der Waals surface area contributed by atoms with E-state index in [9.17, 15) is 0 Å². The summed E-state index contributed by atoms with van der Waals surface area (Å²) in [5.74, 6) is 0.543. The van der Waals surface area contributed by atoms with E-state index in [0.717, 1.165) is 6.42 Å². The van der Waals surface area contributed by atoms with E-state index in [0.29, 0.717) is 5.92 Å². The first-order valence-electron chi connectivity index (χ1n) is 6.05. The monoisotopic (exact) mass is 238 g/mol. The molecule has 0 aliphatic carbocycles. The molecule has 0 N–H and O–H groups in total. The molecule has 1 aromatic carbocycles. The third-order valence-electron chi connectivity index (χ3n) is 3.02. The summed E-state index contributed by atoms with van der Waals surface area (Å²) in [6.45, 7) is 11.0. The number of halogens is 1. The Hall–Kier alpha value is -0.490. The van der Waals surface area contributed by atoms with Crippen LogP contribution in [0, 0.1) is 0 Å². The summed E-state index contributed by atoms with van der Waals surface area (Å²) in [5.41, 5.74) is 3.02. The molecule has 1 aromatic rings. The van der Waals surface area contributed by atoms with Crippen LogP contribution < -0.4 is 0 Å². The molecule has 0 nitrogen and oxygen atoms in total. The zero-order valence-corrected chi connectivity index (χ0v) is 11.8. The van der Waals surface area contributed by atoms with E-state index in [-0.39, 0.29) is 10.8 Å². The molecule has 0 aliphatic rings. The molecule has 0 radical (unpaired) electrons. The minimum Gasteiger partial charge on any atom is -0.123 e. The summed E-state index contributed by atoms with van der Waals surface area (Å²) in [6, 6.07) is 8.96. The largest absolute Gasteiger partial charge is 0.123 e. The van der Waals surface area contributed by atoms with Gasteiger partial charge in [0.2, 0.25) is 0 Å². The average Bonchev–Trinajstić information content (AvgIpc) is 2.15. The molecular formula is C15H23Cl. The lowest BCUT2D eigenvalue weighted by Crippen LogP contribution is -2.11. The van der Waals surface area contributed by atoms with Gasteiger partial charge in [0, 0.05) is 5.38 Å². The van der Waals surface area contributed by atoms with E-state index in [2.05, 4.69) is 58.9 Å². The fourth-order valence-corrected chi connectivity index (χ4v) is 2.20. The van der Waals surface area contributed by atoms with Gasteiger partial charge in [-0.2, -0.15) is 0 Å². The van der Waals surface area contributed by atoms with Crippen LogP contribution in [0.4, 0.5) is 0 Å². The number of rotatable bonds is 3. The molecule has 0 fully saturated rings. The maximum atomic E-state index is 6.03. The Labute approximate surface area is 105 Å². The van der Waals surface area contributed by atoms with Crippen LogP contribution in [0.5, 0.6) is 0 Å². The van der Waals surface area contributed by atoms with Crippen molar-refractivity contribution in [3.05, 3.63) is 35.4 Å². The lowest BCUT2D eigenvalue weighted by Gasteiger charge is -2.20. The molecule has 1 heteroatoms. The fourth-order valence-electron chi connectivity index (χ4n) is 1.93. The standard InChI is InChI=1S/C15H23Cl/c1-11(10-12(2)16)13-6-8-14(9-7-13)15(3,4)5/h6-9,11-12H,10H2,1-5H3. The van der Waals surface area contributed by atoms with Crippen molar-refractivity contribution < 1.29 is 0 Å². The maximum absolute atomic E-state index is 6.03. The van der Waals surface area contributed by atoms with Gasteiger partial charge in [-0.25, -0.2) is 0 Å². The Morgan fingerprint density at radius 1 is 1.06 bits per heavy atom. The lowest BCUT2D eigenvalue weighted by atomic mass is 9.85. The SMILES string of the molecule is CC(Cl)CC(C)c1ccc(C(C)(C)C)cc1. The molecule has 2 atom stereocenters. The summed E-state index contributed by atoms with van der Waals surface area (Å²) in [5, 5.41) is 0.247. The van der Waals surface area contributed by atoms with Gasteiger partial charge >= 0.3 is 0 Å². The zero-order valence-electron chi connectivity index (χ0n) is 11.0. The van der Waals surface area contributed by atoms with Gasteiger partial charge in [-0.05, 0) is 35.8 Å². The van der Waals surface area contributed by atoms with Gasteiger partial charge in [-0.15, -0.1) is 11.6 Å². The number of hydrogen-bond acceptors (Lipinski definition) is 0. The summed E-state index contributed by atoms with van der Waals surface area (Å²) >= 11 is 6.03. The average molecular weight is 239 g/mol. The van der Waals surface area contributed by atoms with Crippen molar-refractivity contribution >= 4 is 11.6 Å². The van der Waals surface area contributed by atoms with E-state index in [4.69, 9.17) is 11.6 Å². The molecule has 0 aliphatic heterocycles. The fraction of sp³-hybridized carbons (Fsp3) is 0.600. The second kappa shape index (κ2) is 5.23. The van der Waals surface area contributed by atoms with Gasteiger partial charge in [0.25, 0.3) is 0 Å². The highest BCUT2D eigenvalue weighted by molar-refractivity contribution is 6.20. The van der Waals surface area contributed by atoms with Crippen LogP contribution in [0.25, 0.3) is 0 Å². The van der Waals surface area contributed by atoms with E-state index < -0.39 is 0 Å². The molecule has 0 amide bonds. The molecule has 0 saturated heterocycles. The molecular weight excluding hydrogens is 216 g/mol. The van der Waals surface area contributed by atoms with Crippen LogP contribution >= 0.6 is 11.6 Å². The van der Waals surface area contributed by atoms with E-state index in [1.165, 1.54) is 11.1 Å². The van der Waals surface area contributed by atoms with Gasteiger partial charge < -0.3 is 0 Å². The van der Waals surface area contributed by atoms with Gasteiger partial charge in [0.05, 0.1) is 0 Å². The second-order valence-electron chi connectivity index (χ2n) is 5.79. The summed E-state index contributed by atoms with van der Waals surface area (Å²) in [4.78, 5) is 0. The number of benzene rings is 1. The smallest absolute Gasteiger partial charge is 0.0313 e. The highest BCUT2D eigenvalue weighted by Gasteiger charge is 2.14. The van der Waals surface area contributed by atoms with Crippen molar-refractivity contribution in [1.82, 2.24) is 0 Å². The minimum absolute atomic E-state index is 0.238. The molecule has 0 bridgehead atoms. The summed E-state index contributed by atoms with van der Waals surface area (Å²) in [6.07, 6.45) is 1.04. The van der Waals surface area contributed by atoms with Crippen LogP contribution in [-0.4, -0.2) is 5.38 Å². The van der Waals surface area contributed by atoms with Gasteiger partial charge in [0.15, 0.2) is 0 Å². The second-order valence-corrected chi connectivity index (χ2v) is 6.53. The van der Waals surface area contributed by atoms with Crippen molar-refractivity contribution in [3.63, 3.8) is 0 Å². The molecule has 0 spiro atoms. The molecule has 0 saturated carbocycles. The molecule has 2 unspecified atom stereocenters. The van der Waals surface area contributed by atoms with Gasteiger partial charge in [-0.3, -0.25) is 0 Å². The van der Waals surface area contributed by atoms with E-state index in [1.807, 2.05) is 0 Å². The van der Waals surface area contributed by atoms with E-state index >= 15 is 0 Å². The van der Waals surface area contributed by atoms with Crippen LogP contribution in [-0.2, 0) is 5.41 Å². The van der Waals surface area contributed by atoms with Crippen LogP contribution in [0.1, 0.15) is 58.1 Å². The summed E-state index contributed by atoms with van der Waals surface area (Å²) < 4.78 is 0. The van der Waals surface area contributed by atoms with Crippen molar-refractivity contribution in [3.8, 4) is 0 Å². The van der Waals surface area contributed by atoms with Crippen molar-refractivity contribution in [2.24, 2.45) is 0 Å². The number of alkyl halides is 1. The van der Waals surface area contributed by atoms with Crippen LogP contribution in [0.15, 0.2) is 24.3 Å². The van der Waals surface area contributed by atoms with Crippen LogP contribution in [0.2, 0.25) is 0 Å². The van der Waals surface area contributed by atoms with Crippen molar-refractivity contribution in [2.45, 2.75) is 57.7 Å². The Kier molecular flexibility index (Phi) is 4.43. The van der Waals surface area contributed by atoms with Gasteiger partial charge in [-0.1, -0.05) is 52.0 Å². The molecule has 1 rings (SSSR count). The molecule has 90 valence electrons. The quantitative estimate of drug-likeness (QED) is 0.643. The topological polar surface area (TPSA) is 0 Å². The third kappa shape index (κ3) is 3.83. The predicted molar refractivity (Wildman–Crippen MR) is 73.5 cm³/mol. The van der Waals surface area contributed by atoms with Crippen molar-refractivity contribution in [2.75, 3.05) is 0 Å². The highest BCUT2D eigenvalue weighted by atomic mass is 35.5. The first-order chi connectivity index (χ1) is 7.30. The zero-order chi connectivity index (χ0) is 12.3. The Balaban J connectivity index is 2.79. The third-order valence-corrected chi connectivity index (χ3v) is 3.20. The normalized spacial score (nSPS) is 15.9. The molecule has 0 aromatic heterocycles. The highest BCUT2D eigenvalue weighted by Crippen LogP contribution is 2.27. The maximum Gasteiger partial charge on any atom is 0.0313 e. The van der Waals surface area contributed by atoms with Gasteiger partial charge in [0.1, 0.15) is 0 Å². The molecule has 16 heavy (non-hydrogen) atoms. The Bertz CT molecular complexity index is 316. The minimum atomic E-state index is 0.238. The first kappa shape index (κ1) is 13.6. The lowest BCUT2D eigenvalue weighted by molar-refractivity contribution is 0.589. The number of hydrogen-bond donors (Lipinski definition) is 0. The van der Waals surface area contributed by atoms with E-state index in [1.54, 1.807) is 0 Å². The Morgan fingerprint density at radius 2 is 1.56 bits per heavy atom. The first-order valence-corrected chi connectivity index (χ1v) is 6.49. The van der Waals surface area contributed by atoms with Crippen molar-refractivity contribution in [1.29, 1.82) is 0 Å². The van der Waals surface area contributed by atoms with Crippen LogP contribution in [0.3, 0.4) is 0 Å². The summed E-state index contributed by atoms with van der Waals surface area (Å²) in [7, 11) is 0.